The molecule has 0 saturated heterocycles. The van der Waals surface area contributed by atoms with Gasteiger partial charge < -0.3 is 20.3 Å². The second-order valence-corrected chi connectivity index (χ2v) is 7.25. The van der Waals surface area contributed by atoms with E-state index in [1.165, 1.54) is 13.2 Å². The second-order valence-electron chi connectivity index (χ2n) is 7.25. The minimum atomic E-state index is -0.432. The van der Waals surface area contributed by atoms with E-state index in [1.807, 2.05) is 39.1 Å². The van der Waals surface area contributed by atoms with Crippen LogP contribution in [0.25, 0.3) is 0 Å². The maximum absolute atomic E-state index is 13.8. The zero-order valence-corrected chi connectivity index (χ0v) is 17.6. The third-order valence-electron chi connectivity index (χ3n) is 5.00. The van der Waals surface area contributed by atoms with Crippen molar-refractivity contribution in [2.75, 3.05) is 26.0 Å². The van der Waals surface area contributed by atoms with E-state index in [0.717, 1.165) is 27.3 Å². The molecule has 0 radical (unpaired) electrons. The van der Waals surface area contributed by atoms with Crippen LogP contribution in [0, 0.1) is 19.7 Å². The highest BCUT2D eigenvalue weighted by Crippen LogP contribution is 2.19. The van der Waals surface area contributed by atoms with Crippen LogP contribution in [0.3, 0.4) is 0 Å². The Bertz CT molecular complexity index is 865. The van der Waals surface area contributed by atoms with E-state index >= 15 is 0 Å². The van der Waals surface area contributed by atoms with Gasteiger partial charge in [0.25, 0.3) is 5.91 Å². The average Bonchev–Trinajstić information content (AvgIpc) is 2.68. The summed E-state index contributed by atoms with van der Waals surface area (Å²) in [7, 11) is 3.27. The summed E-state index contributed by atoms with van der Waals surface area (Å²) in [5, 5.41) is 5.52. The molecular weight excluding hydrogens is 373 g/mol. The maximum atomic E-state index is 13.8. The lowest BCUT2D eigenvalue weighted by molar-refractivity contribution is -0.908. The fourth-order valence-corrected chi connectivity index (χ4v) is 3.03. The Morgan fingerprint density at radius 1 is 1.17 bits per heavy atom. The number of rotatable bonds is 8. The number of halogens is 1. The number of aryl methyl sites for hydroxylation is 2. The van der Waals surface area contributed by atoms with Gasteiger partial charge in [-0.1, -0.05) is 18.2 Å². The highest BCUT2D eigenvalue weighted by molar-refractivity contribution is 5.96. The van der Waals surface area contributed by atoms with E-state index in [0.29, 0.717) is 6.54 Å². The Kier molecular flexibility index (Phi) is 7.73. The first-order valence-corrected chi connectivity index (χ1v) is 9.51. The molecular formula is C22H29FN3O3+. The quantitative estimate of drug-likeness (QED) is 0.628. The molecule has 0 heterocycles. The molecule has 0 aliphatic carbocycles. The minimum absolute atomic E-state index is 0.110. The van der Waals surface area contributed by atoms with Crippen molar-refractivity contribution in [2.45, 2.75) is 33.4 Å². The summed E-state index contributed by atoms with van der Waals surface area (Å²) in [6, 6.07) is 10.1. The molecule has 2 rings (SSSR count). The Hall–Kier alpha value is -2.93. The summed E-state index contributed by atoms with van der Waals surface area (Å²) in [5.74, 6) is -0.767. The van der Waals surface area contributed by atoms with Gasteiger partial charge in [0.05, 0.1) is 20.7 Å². The molecule has 0 bridgehead atoms. The van der Waals surface area contributed by atoms with Gasteiger partial charge in [-0.15, -0.1) is 0 Å². The van der Waals surface area contributed by atoms with Crippen LogP contribution in [-0.4, -0.2) is 38.6 Å². The Morgan fingerprint density at radius 2 is 1.83 bits per heavy atom. The number of likely N-dealkylation sites (N-methyl/N-ethyl adjacent to an activating group) is 1. The van der Waals surface area contributed by atoms with Crippen LogP contribution in [0.2, 0.25) is 0 Å². The molecule has 0 aliphatic rings. The normalized spacial score (nSPS) is 12.8. The Labute approximate surface area is 171 Å². The number of benzene rings is 2. The van der Waals surface area contributed by atoms with E-state index in [9.17, 15) is 14.0 Å². The topological polar surface area (TPSA) is 71.9 Å². The number of hydrogen-bond donors (Lipinski definition) is 3. The molecule has 7 heteroatoms. The lowest BCUT2D eigenvalue weighted by Crippen LogP contribution is -3.12. The molecule has 0 aliphatic heterocycles. The summed E-state index contributed by atoms with van der Waals surface area (Å²) in [5.41, 5.74) is 3.46. The molecule has 1 unspecified atom stereocenters. The number of methoxy groups -OCH3 is 1. The van der Waals surface area contributed by atoms with Gasteiger partial charge in [-0.3, -0.25) is 9.59 Å². The SMILES string of the molecule is COc1ccc(C[NH+](C)[C@H](C)C(=O)NCC(=O)Nc2c(C)cccc2C)cc1F. The molecule has 2 atom stereocenters. The van der Waals surface area contributed by atoms with Gasteiger partial charge in [0.2, 0.25) is 5.91 Å². The molecule has 0 saturated carbocycles. The van der Waals surface area contributed by atoms with Crippen molar-refractivity contribution >= 4 is 17.5 Å². The number of hydrogen-bond acceptors (Lipinski definition) is 3. The molecule has 2 amide bonds. The van der Waals surface area contributed by atoms with Gasteiger partial charge in [0, 0.05) is 11.3 Å². The molecule has 29 heavy (non-hydrogen) atoms. The molecule has 3 N–H and O–H groups in total. The van der Waals surface area contributed by atoms with Crippen LogP contribution in [0.5, 0.6) is 5.75 Å². The number of ether oxygens (including phenoxy) is 1. The summed E-state index contributed by atoms with van der Waals surface area (Å²) in [6.07, 6.45) is 0. The van der Waals surface area contributed by atoms with E-state index < -0.39 is 11.9 Å². The van der Waals surface area contributed by atoms with Gasteiger partial charge in [-0.25, -0.2) is 4.39 Å². The molecule has 156 valence electrons. The van der Waals surface area contributed by atoms with Gasteiger partial charge in [-0.2, -0.15) is 0 Å². The second kappa shape index (κ2) is 10.0. The van der Waals surface area contributed by atoms with Crippen LogP contribution >= 0.6 is 0 Å². The van der Waals surface area contributed by atoms with E-state index in [-0.39, 0.29) is 24.1 Å². The first kappa shape index (κ1) is 22.4. The van der Waals surface area contributed by atoms with Crippen molar-refractivity contribution in [3.63, 3.8) is 0 Å². The van der Waals surface area contributed by atoms with Gasteiger partial charge in [-0.05, 0) is 50.1 Å². The van der Waals surface area contributed by atoms with Crippen LogP contribution in [0.15, 0.2) is 36.4 Å². The third kappa shape index (κ3) is 6.02. The predicted octanol–water partition coefficient (Wildman–Crippen LogP) is 1.61. The fraction of sp³-hybridized carbons (Fsp3) is 0.364. The average molecular weight is 402 g/mol. The van der Waals surface area contributed by atoms with Crippen molar-refractivity contribution < 1.29 is 23.6 Å². The number of nitrogens with one attached hydrogen (secondary N) is 3. The first-order valence-electron chi connectivity index (χ1n) is 9.51. The molecule has 2 aromatic carbocycles. The standard InChI is InChI=1S/C22H28FN3O3/c1-14-7-6-8-15(2)21(14)25-20(27)12-24-22(28)16(3)26(4)13-17-9-10-19(29-5)18(23)11-17/h6-11,16H,12-13H2,1-5H3,(H,24,28)(H,25,27)/p+1/t16-/m1/s1. The van der Waals surface area contributed by atoms with Crippen LogP contribution in [0.4, 0.5) is 10.1 Å². The molecule has 6 nitrogen and oxygen atoms in total. The van der Waals surface area contributed by atoms with Crippen molar-refractivity contribution in [2.24, 2.45) is 0 Å². The number of para-hydroxylation sites is 1. The number of amides is 2. The fourth-order valence-electron chi connectivity index (χ4n) is 3.03. The summed E-state index contributed by atoms with van der Waals surface area (Å²) < 4.78 is 18.8. The zero-order valence-electron chi connectivity index (χ0n) is 17.6. The smallest absolute Gasteiger partial charge is 0.278 e. The Balaban J connectivity index is 1.87. The van der Waals surface area contributed by atoms with Crippen molar-refractivity contribution in [1.29, 1.82) is 0 Å². The molecule has 0 fully saturated rings. The van der Waals surface area contributed by atoms with Gasteiger partial charge in [0.1, 0.15) is 6.54 Å². The maximum Gasteiger partial charge on any atom is 0.278 e. The van der Waals surface area contributed by atoms with E-state index in [2.05, 4.69) is 10.6 Å². The lowest BCUT2D eigenvalue weighted by atomic mass is 10.1. The van der Waals surface area contributed by atoms with Crippen molar-refractivity contribution in [3.05, 3.63) is 58.9 Å². The number of carbonyl (C=O) groups excluding carboxylic acids is 2. The molecule has 2 aromatic rings. The van der Waals surface area contributed by atoms with E-state index in [4.69, 9.17) is 4.74 Å². The van der Waals surface area contributed by atoms with Crippen LogP contribution < -0.4 is 20.3 Å². The third-order valence-corrected chi connectivity index (χ3v) is 5.00. The van der Waals surface area contributed by atoms with E-state index in [1.54, 1.807) is 19.1 Å². The zero-order chi connectivity index (χ0) is 21.6. The summed E-state index contributed by atoms with van der Waals surface area (Å²) in [4.78, 5) is 25.5. The summed E-state index contributed by atoms with van der Waals surface area (Å²) >= 11 is 0. The highest BCUT2D eigenvalue weighted by Gasteiger charge is 2.23. The van der Waals surface area contributed by atoms with Gasteiger partial charge >= 0.3 is 0 Å². The van der Waals surface area contributed by atoms with Crippen molar-refractivity contribution in [1.82, 2.24) is 5.32 Å². The number of carbonyl (C=O) groups is 2. The highest BCUT2D eigenvalue weighted by atomic mass is 19.1. The Morgan fingerprint density at radius 3 is 2.41 bits per heavy atom. The summed E-state index contributed by atoms with van der Waals surface area (Å²) in [6.45, 7) is 5.96. The number of quaternary nitrogens is 1. The first-order chi connectivity index (χ1) is 13.7. The minimum Gasteiger partial charge on any atom is -0.494 e. The molecule has 0 aromatic heterocycles. The number of anilines is 1. The van der Waals surface area contributed by atoms with Gasteiger partial charge in [0.15, 0.2) is 17.6 Å². The molecule has 0 spiro atoms. The predicted molar refractivity (Wildman–Crippen MR) is 111 cm³/mol. The van der Waals surface area contributed by atoms with Crippen LogP contribution in [0.1, 0.15) is 23.6 Å². The largest absolute Gasteiger partial charge is 0.494 e. The monoisotopic (exact) mass is 402 g/mol. The van der Waals surface area contributed by atoms with Crippen LogP contribution in [-0.2, 0) is 16.1 Å². The lowest BCUT2D eigenvalue weighted by Gasteiger charge is -2.21. The van der Waals surface area contributed by atoms with Crippen molar-refractivity contribution in [3.8, 4) is 5.75 Å².